The Labute approximate surface area is 244 Å². The number of piperidine rings is 1. The Morgan fingerprint density at radius 1 is 0.902 bits per heavy atom. The van der Waals surface area contributed by atoms with E-state index in [0.29, 0.717) is 28.7 Å². The van der Waals surface area contributed by atoms with Gasteiger partial charge in [0.1, 0.15) is 11.8 Å². The summed E-state index contributed by atoms with van der Waals surface area (Å²) in [7, 11) is 0. The lowest BCUT2D eigenvalue weighted by atomic mass is 9.99. The number of benzene rings is 4. The lowest BCUT2D eigenvalue weighted by molar-refractivity contribution is 0.0727. The molecule has 1 amide bonds. The second-order valence-corrected chi connectivity index (χ2v) is 11.5. The molecule has 4 aromatic carbocycles. The van der Waals surface area contributed by atoms with Gasteiger partial charge in [-0.05, 0) is 83.4 Å². The summed E-state index contributed by atoms with van der Waals surface area (Å²) in [6.45, 7) is 2.38. The minimum atomic E-state index is -0.540. The number of carbonyl (C=O) groups excluding carboxylic acids is 1. The number of carbonyl (C=O) groups is 1. The van der Waals surface area contributed by atoms with Gasteiger partial charge in [-0.3, -0.25) is 4.79 Å². The van der Waals surface area contributed by atoms with Gasteiger partial charge >= 0.3 is 0 Å². The molecule has 0 radical (unpaired) electrons. The number of fused-ring (bicyclic) bond motifs is 2. The molecule has 3 heterocycles. The van der Waals surface area contributed by atoms with Gasteiger partial charge in [-0.2, -0.15) is 0 Å². The van der Waals surface area contributed by atoms with Crippen LogP contribution < -0.4 is 10.6 Å². The SMILES string of the molecule is NC1CCN(c2ccc(-c3ccc4c(c3)C(=O)N([C@@H](c3cc5ccccc5[nH]3)c3cc(Cl)ccc3O)C4)cc2)CC1. The molecule has 0 bridgehead atoms. The van der Waals surface area contributed by atoms with Crippen molar-refractivity contribution in [2.75, 3.05) is 18.0 Å². The van der Waals surface area contributed by atoms with Crippen molar-refractivity contribution in [1.82, 2.24) is 9.88 Å². The number of H-pyrrole nitrogens is 1. The van der Waals surface area contributed by atoms with Crippen LogP contribution in [0.25, 0.3) is 22.0 Å². The fourth-order valence-corrected chi connectivity index (χ4v) is 6.41. The minimum Gasteiger partial charge on any atom is -0.508 e. The molecule has 1 fully saturated rings. The average molecular weight is 563 g/mol. The second kappa shape index (κ2) is 10.3. The number of nitrogens with one attached hydrogen (secondary N) is 1. The zero-order valence-corrected chi connectivity index (χ0v) is 23.3. The second-order valence-electron chi connectivity index (χ2n) is 11.1. The Bertz CT molecular complexity index is 1720. The van der Waals surface area contributed by atoms with E-state index in [1.807, 2.05) is 47.4 Å². The first-order valence-corrected chi connectivity index (χ1v) is 14.4. The maximum Gasteiger partial charge on any atom is 0.255 e. The first-order chi connectivity index (χ1) is 19.9. The molecule has 4 N–H and O–H groups in total. The molecule has 1 atom stereocenters. The molecule has 0 saturated carbocycles. The van der Waals surface area contributed by atoms with E-state index in [2.05, 4.69) is 40.2 Å². The van der Waals surface area contributed by atoms with Crippen LogP contribution in [0.3, 0.4) is 0 Å². The highest BCUT2D eigenvalue weighted by Gasteiger charge is 2.36. The molecule has 2 aliphatic heterocycles. The van der Waals surface area contributed by atoms with Crippen LogP contribution in [0.2, 0.25) is 5.02 Å². The predicted molar refractivity (Wildman–Crippen MR) is 164 cm³/mol. The summed E-state index contributed by atoms with van der Waals surface area (Å²) in [6.07, 6.45) is 2.02. The zero-order valence-electron chi connectivity index (χ0n) is 22.6. The number of phenols is 1. The van der Waals surface area contributed by atoms with Crippen molar-refractivity contribution in [2.24, 2.45) is 5.73 Å². The quantitative estimate of drug-likeness (QED) is 0.218. The van der Waals surface area contributed by atoms with Gasteiger partial charge in [-0.15, -0.1) is 0 Å². The lowest BCUT2D eigenvalue weighted by Crippen LogP contribution is -2.39. The monoisotopic (exact) mass is 562 g/mol. The maximum absolute atomic E-state index is 14.0. The summed E-state index contributed by atoms with van der Waals surface area (Å²) < 4.78 is 0. The van der Waals surface area contributed by atoms with Crippen LogP contribution in [-0.2, 0) is 6.54 Å². The van der Waals surface area contributed by atoms with Gasteiger partial charge in [0.05, 0.1) is 0 Å². The third-order valence-electron chi connectivity index (χ3n) is 8.49. The van der Waals surface area contributed by atoms with Crippen molar-refractivity contribution < 1.29 is 9.90 Å². The summed E-state index contributed by atoms with van der Waals surface area (Å²) in [4.78, 5) is 21.7. The van der Waals surface area contributed by atoms with Gasteiger partial charge < -0.3 is 25.6 Å². The number of nitrogens with zero attached hydrogens (tertiary/aromatic N) is 2. The van der Waals surface area contributed by atoms with E-state index in [1.54, 1.807) is 18.2 Å². The van der Waals surface area contributed by atoms with Crippen LogP contribution in [0.1, 0.15) is 46.1 Å². The summed E-state index contributed by atoms with van der Waals surface area (Å²) in [5.74, 6) is 0.0180. The van der Waals surface area contributed by atoms with Crippen LogP contribution in [0.15, 0.2) is 91.0 Å². The standard InChI is InChI=1S/C34H31ClN4O2/c35-25-9-12-32(40)29(19-25)33(31-18-23-3-1-2-4-30(23)37-31)39-20-24-6-5-22(17-28(24)34(39)41)21-7-10-27(11-8-21)38-15-13-26(36)14-16-38/h1-12,17-19,26,33,37,40H,13-16,20,36H2/t33-/m1/s1. The summed E-state index contributed by atoms with van der Waals surface area (Å²) >= 11 is 6.38. The number of aromatic amines is 1. The van der Waals surface area contributed by atoms with Crippen LogP contribution >= 0.6 is 11.6 Å². The number of nitrogens with two attached hydrogens (primary N) is 1. The van der Waals surface area contributed by atoms with Crippen molar-refractivity contribution in [2.45, 2.75) is 31.5 Å². The Morgan fingerprint density at radius 2 is 1.66 bits per heavy atom. The molecule has 0 spiro atoms. The van der Waals surface area contributed by atoms with Crippen molar-refractivity contribution >= 4 is 34.1 Å². The van der Waals surface area contributed by atoms with E-state index in [1.165, 1.54) is 5.69 Å². The molecule has 1 aromatic heterocycles. The predicted octanol–water partition coefficient (Wildman–Crippen LogP) is 6.87. The number of aromatic nitrogens is 1. The minimum absolute atomic E-state index is 0.0776. The Hall–Kier alpha value is -4.26. The highest BCUT2D eigenvalue weighted by Crippen LogP contribution is 2.41. The first kappa shape index (κ1) is 25.7. The molecule has 41 heavy (non-hydrogen) atoms. The van der Waals surface area contributed by atoms with Crippen LogP contribution in [0.5, 0.6) is 5.75 Å². The smallest absolute Gasteiger partial charge is 0.255 e. The molecule has 6 nitrogen and oxygen atoms in total. The zero-order chi connectivity index (χ0) is 28.1. The Balaban J connectivity index is 1.22. The fraction of sp³-hybridized carbons (Fsp3) is 0.206. The van der Waals surface area contributed by atoms with Crippen molar-refractivity contribution in [1.29, 1.82) is 0 Å². The molecule has 7 heteroatoms. The van der Waals surface area contributed by atoms with E-state index >= 15 is 0 Å². The summed E-state index contributed by atoms with van der Waals surface area (Å²) in [6, 6.07) is 29.5. The number of para-hydroxylation sites is 1. The fourth-order valence-electron chi connectivity index (χ4n) is 6.22. The third kappa shape index (κ3) is 4.73. The van der Waals surface area contributed by atoms with Gasteiger partial charge in [0.2, 0.25) is 0 Å². The van der Waals surface area contributed by atoms with Crippen molar-refractivity contribution in [3.05, 3.63) is 118 Å². The molecule has 5 aromatic rings. The number of halogens is 1. The van der Waals surface area contributed by atoms with Gasteiger partial charge in [-0.1, -0.05) is 54.1 Å². The van der Waals surface area contributed by atoms with Crippen LogP contribution in [-0.4, -0.2) is 40.0 Å². The van der Waals surface area contributed by atoms with Crippen LogP contribution in [0.4, 0.5) is 5.69 Å². The van der Waals surface area contributed by atoms with Crippen molar-refractivity contribution in [3.63, 3.8) is 0 Å². The lowest BCUT2D eigenvalue weighted by Gasteiger charge is -2.32. The van der Waals surface area contributed by atoms with Crippen molar-refractivity contribution in [3.8, 4) is 16.9 Å². The van der Waals surface area contributed by atoms with E-state index in [4.69, 9.17) is 17.3 Å². The molecule has 206 valence electrons. The average Bonchev–Trinajstić information content (AvgIpc) is 3.56. The Morgan fingerprint density at radius 3 is 2.44 bits per heavy atom. The topological polar surface area (TPSA) is 85.6 Å². The highest BCUT2D eigenvalue weighted by molar-refractivity contribution is 6.30. The number of phenolic OH excluding ortho intramolecular Hbond substituents is 1. The molecule has 7 rings (SSSR count). The van der Waals surface area contributed by atoms with Gasteiger partial charge in [-0.25, -0.2) is 0 Å². The maximum atomic E-state index is 14.0. The summed E-state index contributed by atoms with van der Waals surface area (Å²) in [5.41, 5.74) is 13.4. The third-order valence-corrected chi connectivity index (χ3v) is 8.72. The molecular weight excluding hydrogens is 532 g/mol. The summed E-state index contributed by atoms with van der Waals surface area (Å²) in [5, 5.41) is 12.4. The number of rotatable bonds is 5. The number of amides is 1. The van der Waals surface area contributed by atoms with E-state index in [-0.39, 0.29) is 11.7 Å². The molecule has 2 aliphatic rings. The highest BCUT2D eigenvalue weighted by atomic mass is 35.5. The Kier molecular flexibility index (Phi) is 6.45. The molecule has 0 aliphatic carbocycles. The van der Waals surface area contributed by atoms with Crippen LogP contribution in [0, 0.1) is 0 Å². The van der Waals surface area contributed by atoms with E-state index < -0.39 is 6.04 Å². The van der Waals surface area contributed by atoms with E-state index in [9.17, 15) is 9.90 Å². The normalized spacial score (nSPS) is 16.4. The number of hydrogen-bond acceptors (Lipinski definition) is 4. The van der Waals surface area contributed by atoms with Gasteiger partial charge in [0.25, 0.3) is 5.91 Å². The van der Waals surface area contributed by atoms with Gasteiger partial charge in [0, 0.05) is 58.7 Å². The number of aromatic hydroxyl groups is 1. The first-order valence-electron chi connectivity index (χ1n) is 14.1. The van der Waals surface area contributed by atoms with Gasteiger partial charge in [0.15, 0.2) is 0 Å². The van der Waals surface area contributed by atoms with E-state index in [0.717, 1.165) is 59.2 Å². The molecule has 1 saturated heterocycles. The molecular formula is C34H31ClN4O2. The number of anilines is 1. The largest absolute Gasteiger partial charge is 0.508 e. The number of hydrogen-bond donors (Lipinski definition) is 3. The molecule has 0 unspecified atom stereocenters.